The number of phenolic OH excluding ortho intramolecular Hbond substituents is 1. The lowest BCUT2D eigenvalue weighted by molar-refractivity contribution is -0.139. The van der Waals surface area contributed by atoms with Gasteiger partial charge in [-0.3, -0.25) is 0 Å². The first-order valence-corrected chi connectivity index (χ1v) is 5.44. The Kier molecular flexibility index (Phi) is 5.82. The molecule has 1 aromatic rings. The molecule has 0 unspecified atom stereocenters. The summed E-state index contributed by atoms with van der Waals surface area (Å²) in [5, 5.41) is 9.45. The maximum atomic E-state index is 11.2. The standard InChI is InChI=1S/C13H16O4/c1-2-16-9-10-17-13(15)8-7-11-5-3-4-6-12(11)14/h3-8,14H,2,9-10H2,1H3/b8-7+. The van der Waals surface area contributed by atoms with Crippen molar-refractivity contribution in [1.29, 1.82) is 0 Å². The Morgan fingerprint density at radius 3 is 2.82 bits per heavy atom. The molecule has 0 amide bonds. The summed E-state index contributed by atoms with van der Waals surface area (Å²) in [6.07, 6.45) is 2.79. The number of hydrogen-bond acceptors (Lipinski definition) is 4. The summed E-state index contributed by atoms with van der Waals surface area (Å²) in [7, 11) is 0. The van der Waals surface area contributed by atoms with E-state index < -0.39 is 5.97 Å². The number of carbonyl (C=O) groups is 1. The molecule has 92 valence electrons. The Hall–Kier alpha value is -1.81. The molecule has 4 nitrogen and oxygen atoms in total. The highest BCUT2D eigenvalue weighted by atomic mass is 16.6. The molecule has 0 aliphatic carbocycles. The quantitative estimate of drug-likeness (QED) is 0.466. The molecule has 1 aromatic carbocycles. The van der Waals surface area contributed by atoms with Gasteiger partial charge in [-0.05, 0) is 19.1 Å². The van der Waals surface area contributed by atoms with Gasteiger partial charge in [-0.1, -0.05) is 18.2 Å². The third-order valence-corrected chi connectivity index (χ3v) is 2.01. The fourth-order valence-electron chi connectivity index (χ4n) is 1.18. The highest BCUT2D eigenvalue weighted by Gasteiger charge is 1.98. The number of carbonyl (C=O) groups excluding carboxylic acids is 1. The topological polar surface area (TPSA) is 55.8 Å². The Morgan fingerprint density at radius 1 is 1.35 bits per heavy atom. The van der Waals surface area contributed by atoms with Crippen LogP contribution in [0.1, 0.15) is 12.5 Å². The first-order chi connectivity index (χ1) is 8.24. The fourth-order valence-corrected chi connectivity index (χ4v) is 1.18. The summed E-state index contributed by atoms with van der Waals surface area (Å²) in [5.41, 5.74) is 0.578. The summed E-state index contributed by atoms with van der Waals surface area (Å²) in [6.45, 7) is 3.11. The lowest BCUT2D eigenvalue weighted by Gasteiger charge is -2.01. The van der Waals surface area contributed by atoms with Crippen LogP contribution in [0.5, 0.6) is 5.75 Å². The Morgan fingerprint density at radius 2 is 2.12 bits per heavy atom. The lowest BCUT2D eigenvalue weighted by Crippen LogP contribution is -2.08. The third-order valence-electron chi connectivity index (χ3n) is 2.01. The highest BCUT2D eigenvalue weighted by Crippen LogP contribution is 2.16. The second-order valence-electron chi connectivity index (χ2n) is 3.26. The largest absolute Gasteiger partial charge is 0.507 e. The predicted octanol–water partition coefficient (Wildman–Crippen LogP) is 1.99. The van der Waals surface area contributed by atoms with Gasteiger partial charge in [-0.15, -0.1) is 0 Å². The molecule has 0 bridgehead atoms. The van der Waals surface area contributed by atoms with E-state index in [1.807, 2.05) is 6.92 Å². The van der Waals surface area contributed by atoms with E-state index in [0.717, 1.165) is 0 Å². The normalized spacial score (nSPS) is 10.6. The highest BCUT2D eigenvalue weighted by molar-refractivity contribution is 5.87. The second kappa shape index (κ2) is 7.46. The van der Waals surface area contributed by atoms with Crippen molar-refractivity contribution in [3.05, 3.63) is 35.9 Å². The summed E-state index contributed by atoms with van der Waals surface area (Å²) in [5.74, 6) is -0.321. The molecule has 0 saturated heterocycles. The number of phenols is 1. The Bertz CT molecular complexity index is 385. The minimum Gasteiger partial charge on any atom is -0.507 e. The minimum absolute atomic E-state index is 0.130. The predicted molar refractivity (Wildman–Crippen MR) is 64.6 cm³/mol. The van der Waals surface area contributed by atoms with Crippen molar-refractivity contribution in [2.24, 2.45) is 0 Å². The number of para-hydroxylation sites is 1. The van der Waals surface area contributed by atoms with Crippen molar-refractivity contribution in [2.75, 3.05) is 19.8 Å². The molecule has 0 atom stereocenters. The van der Waals surface area contributed by atoms with Gasteiger partial charge in [-0.25, -0.2) is 4.79 Å². The van der Waals surface area contributed by atoms with Crippen molar-refractivity contribution in [3.63, 3.8) is 0 Å². The van der Waals surface area contributed by atoms with Crippen LogP contribution in [0.15, 0.2) is 30.3 Å². The molecule has 0 saturated carbocycles. The Balaban J connectivity index is 2.38. The van der Waals surface area contributed by atoms with Gasteiger partial charge in [0.15, 0.2) is 0 Å². The maximum Gasteiger partial charge on any atom is 0.330 e. The molecule has 1 N–H and O–H groups in total. The van der Waals surface area contributed by atoms with Crippen molar-refractivity contribution < 1.29 is 19.4 Å². The van der Waals surface area contributed by atoms with Gasteiger partial charge in [0.2, 0.25) is 0 Å². The average Bonchev–Trinajstić information content (AvgIpc) is 2.34. The van der Waals surface area contributed by atoms with E-state index in [4.69, 9.17) is 9.47 Å². The zero-order valence-corrected chi connectivity index (χ0v) is 9.76. The van der Waals surface area contributed by atoms with Gasteiger partial charge in [0.25, 0.3) is 0 Å². The molecule has 1 rings (SSSR count). The number of ether oxygens (including phenoxy) is 2. The van der Waals surface area contributed by atoms with Crippen LogP contribution in [0.4, 0.5) is 0 Å². The number of esters is 1. The van der Waals surface area contributed by atoms with Crippen LogP contribution in [0.2, 0.25) is 0 Å². The molecule has 0 aromatic heterocycles. The van der Waals surface area contributed by atoms with E-state index in [9.17, 15) is 9.90 Å². The van der Waals surface area contributed by atoms with Crippen LogP contribution in [0.25, 0.3) is 6.08 Å². The zero-order chi connectivity index (χ0) is 12.5. The summed E-state index contributed by atoms with van der Waals surface area (Å²) >= 11 is 0. The van der Waals surface area contributed by atoms with Crippen LogP contribution in [0.3, 0.4) is 0 Å². The molecule has 4 heteroatoms. The van der Waals surface area contributed by atoms with E-state index in [0.29, 0.717) is 18.8 Å². The van der Waals surface area contributed by atoms with E-state index in [-0.39, 0.29) is 12.4 Å². The molecule has 0 spiro atoms. The van der Waals surface area contributed by atoms with E-state index in [1.54, 1.807) is 24.3 Å². The smallest absolute Gasteiger partial charge is 0.330 e. The molecular formula is C13H16O4. The number of benzene rings is 1. The molecule has 0 radical (unpaired) electrons. The third kappa shape index (κ3) is 5.17. The molecule has 17 heavy (non-hydrogen) atoms. The Labute approximate surface area is 100 Å². The van der Waals surface area contributed by atoms with Gasteiger partial charge in [0.1, 0.15) is 12.4 Å². The molecule has 0 aliphatic rings. The van der Waals surface area contributed by atoms with Gasteiger partial charge in [0.05, 0.1) is 6.61 Å². The van der Waals surface area contributed by atoms with E-state index in [2.05, 4.69) is 0 Å². The monoisotopic (exact) mass is 236 g/mol. The van der Waals surface area contributed by atoms with E-state index >= 15 is 0 Å². The number of rotatable bonds is 6. The van der Waals surface area contributed by atoms with Crippen LogP contribution in [-0.4, -0.2) is 30.9 Å². The minimum atomic E-state index is -0.451. The number of aromatic hydroxyl groups is 1. The first-order valence-electron chi connectivity index (χ1n) is 5.44. The SMILES string of the molecule is CCOCCOC(=O)/C=C/c1ccccc1O. The number of hydrogen-bond donors (Lipinski definition) is 1. The first kappa shape index (κ1) is 13.3. The van der Waals surface area contributed by atoms with Gasteiger partial charge < -0.3 is 14.6 Å². The van der Waals surface area contributed by atoms with Crippen LogP contribution in [0, 0.1) is 0 Å². The zero-order valence-electron chi connectivity index (χ0n) is 9.76. The lowest BCUT2D eigenvalue weighted by atomic mass is 10.2. The van der Waals surface area contributed by atoms with Gasteiger partial charge in [0, 0.05) is 18.2 Å². The van der Waals surface area contributed by atoms with Gasteiger partial charge in [-0.2, -0.15) is 0 Å². The van der Waals surface area contributed by atoms with E-state index in [1.165, 1.54) is 12.2 Å². The summed E-state index contributed by atoms with van der Waals surface area (Å²) in [4.78, 5) is 11.2. The van der Waals surface area contributed by atoms with Gasteiger partial charge >= 0.3 is 5.97 Å². The summed E-state index contributed by atoms with van der Waals surface area (Å²) in [6, 6.07) is 6.76. The summed E-state index contributed by atoms with van der Waals surface area (Å²) < 4.78 is 9.90. The van der Waals surface area contributed by atoms with Crippen LogP contribution < -0.4 is 0 Å². The average molecular weight is 236 g/mol. The molecule has 0 heterocycles. The van der Waals surface area contributed by atoms with Crippen molar-refractivity contribution in [1.82, 2.24) is 0 Å². The van der Waals surface area contributed by atoms with Crippen LogP contribution >= 0.6 is 0 Å². The molecule has 0 aliphatic heterocycles. The van der Waals surface area contributed by atoms with Crippen molar-refractivity contribution >= 4 is 12.0 Å². The van der Waals surface area contributed by atoms with Crippen molar-refractivity contribution in [3.8, 4) is 5.75 Å². The van der Waals surface area contributed by atoms with Crippen molar-refractivity contribution in [2.45, 2.75) is 6.92 Å². The van der Waals surface area contributed by atoms with Crippen LogP contribution in [-0.2, 0) is 14.3 Å². The molecule has 0 fully saturated rings. The maximum absolute atomic E-state index is 11.2. The molecular weight excluding hydrogens is 220 g/mol. The second-order valence-corrected chi connectivity index (χ2v) is 3.26. The fraction of sp³-hybridized carbons (Fsp3) is 0.308.